The monoisotopic (exact) mass is 234 g/mol. The summed E-state index contributed by atoms with van der Waals surface area (Å²) in [5.41, 5.74) is 0. The van der Waals surface area contributed by atoms with Gasteiger partial charge in [0, 0.05) is 6.54 Å². The zero-order valence-electron chi connectivity index (χ0n) is 7.70. The van der Waals surface area contributed by atoms with Crippen LogP contribution in [0.2, 0.25) is 0 Å². The van der Waals surface area contributed by atoms with Crippen molar-refractivity contribution in [3.63, 3.8) is 0 Å². The Morgan fingerprint density at radius 2 is 2.27 bits per heavy atom. The molecule has 0 atom stereocenters. The third-order valence-electron chi connectivity index (χ3n) is 1.41. The number of hydrogen-bond donors (Lipinski definition) is 2. The standard InChI is InChI=1S/C5H10N6O3S/c6-15(13,14)2-1-7-5(12)3-11-4-8-9-10-11/h4H,1-3H2,(H,7,12)(H2,6,13,14). The molecule has 0 aromatic carbocycles. The number of primary sulfonamides is 1. The average Bonchev–Trinajstić information content (AvgIpc) is 2.54. The van der Waals surface area contributed by atoms with Gasteiger partial charge in [0.05, 0.1) is 5.75 Å². The summed E-state index contributed by atoms with van der Waals surface area (Å²) < 4.78 is 22.3. The van der Waals surface area contributed by atoms with Crippen LogP contribution in [0.25, 0.3) is 0 Å². The minimum atomic E-state index is -3.54. The number of rotatable bonds is 5. The van der Waals surface area contributed by atoms with Crippen molar-refractivity contribution in [3.05, 3.63) is 6.33 Å². The molecule has 1 heterocycles. The molecule has 0 unspecified atom stereocenters. The first kappa shape index (κ1) is 11.5. The summed E-state index contributed by atoms with van der Waals surface area (Å²) in [5, 5.41) is 17.2. The number of hydrogen-bond acceptors (Lipinski definition) is 6. The van der Waals surface area contributed by atoms with Crippen LogP contribution in [0.3, 0.4) is 0 Å². The number of nitrogens with zero attached hydrogens (tertiary/aromatic N) is 4. The lowest BCUT2D eigenvalue weighted by atomic mass is 10.5. The Kier molecular flexibility index (Phi) is 3.68. The van der Waals surface area contributed by atoms with Gasteiger partial charge in [0.25, 0.3) is 0 Å². The van der Waals surface area contributed by atoms with E-state index in [1.807, 2.05) is 0 Å². The molecule has 0 aliphatic heterocycles. The maximum atomic E-state index is 11.1. The van der Waals surface area contributed by atoms with Crippen molar-refractivity contribution in [2.45, 2.75) is 6.54 Å². The van der Waals surface area contributed by atoms with E-state index < -0.39 is 10.0 Å². The highest BCUT2D eigenvalue weighted by atomic mass is 32.2. The molecule has 1 aromatic rings. The van der Waals surface area contributed by atoms with E-state index in [1.54, 1.807) is 0 Å². The molecule has 0 fully saturated rings. The number of carbonyl (C=O) groups is 1. The predicted molar refractivity (Wildman–Crippen MR) is 48.8 cm³/mol. The van der Waals surface area contributed by atoms with Gasteiger partial charge in [0.1, 0.15) is 12.9 Å². The second kappa shape index (κ2) is 4.79. The van der Waals surface area contributed by atoms with E-state index in [9.17, 15) is 13.2 Å². The quantitative estimate of drug-likeness (QED) is 0.560. The van der Waals surface area contributed by atoms with Crippen LogP contribution in [0.5, 0.6) is 0 Å². The van der Waals surface area contributed by atoms with Crippen LogP contribution in [0.15, 0.2) is 6.33 Å². The molecule has 0 bridgehead atoms. The first-order valence-corrected chi connectivity index (χ1v) is 5.67. The second-order valence-electron chi connectivity index (χ2n) is 2.72. The molecule has 1 rings (SSSR count). The third-order valence-corrected chi connectivity index (χ3v) is 2.18. The molecule has 0 saturated carbocycles. The maximum absolute atomic E-state index is 11.1. The zero-order chi connectivity index (χ0) is 11.3. The van der Waals surface area contributed by atoms with Crippen LogP contribution in [-0.4, -0.2) is 46.8 Å². The van der Waals surface area contributed by atoms with E-state index >= 15 is 0 Å². The van der Waals surface area contributed by atoms with E-state index in [0.717, 1.165) is 0 Å². The van der Waals surface area contributed by atoms with Crippen molar-refractivity contribution in [2.75, 3.05) is 12.3 Å². The van der Waals surface area contributed by atoms with Gasteiger partial charge >= 0.3 is 0 Å². The highest BCUT2D eigenvalue weighted by Gasteiger charge is 2.06. The molecule has 9 nitrogen and oxygen atoms in total. The molecule has 1 amide bonds. The summed E-state index contributed by atoms with van der Waals surface area (Å²) in [6.45, 7) is -0.0859. The van der Waals surface area contributed by atoms with Crippen LogP contribution in [-0.2, 0) is 21.4 Å². The summed E-state index contributed by atoms with van der Waals surface area (Å²) in [7, 11) is -3.54. The van der Waals surface area contributed by atoms with Gasteiger partial charge in [0.2, 0.25) is 15.9 Å². The van der Waals surface area contributed by atoms with Crippen molar-refractivity contribution in [1.82, 2.24) is 25.5 Å². The number of nitrogens with one attached hydrogen (secondary N) is 1. The summed E-state index contributed by atoms with van der Waals surface area (Å²) >= 11 is 0. The van der Waals surface area contributed by atoms with Crippen molar-refractivity contribution >= 4 is 15.9 Å². The first-order valence-electron chi connectivity index (χ1n) is 3.95. The van der Waals surface area contributed by atoms with Gasteiger partial charge in [-0.2, -0.15) is 0 Å². The lowest BCUT2D eigenvalue weighted by Gasteiger charge is -2.02. The summed E-state index contributed by atoms with van der Waals surface area (Å²) in [6, 6.07) is 0. The zero-order valence-corrected chi connectivity index (χ0v) is 8.51. The Morgan fingerprint density at radius 3 is 2.80 bits per heavy atom. The predicted octanol–water partition coefficient (Wildman–Crippen LogP) is -2.92. The van der Waals surface area contributed by atoms with E-state index in [2.05, 4.69) is 20.8 Å². The fourth-order valence-electron chi connectivity index (χ4n) is 0.788. The highest BCUT2D eigenvalue weighted by molar-refractivity contribution is 7.89. The molecule has 0 spiro atoms. The Morgan fingerprint density at radius 1 is 1.53 bits per heavy atom. The molecule has 0 aliphatic rings. The fourth-order valence-corrected chi connectivity index (χ4v) is 1.18. The minimum Gasteiger partial charge on any atom is -0.353 e. The van der Waals surface area contributed by atoms with Crippen LogP contribution in [0.1, 0.15) is 0 Å². The number of amides is 1. The Bertz CT molecular complexity index is 412. The van der Waals surface area contributed by atoms with Gasteiger partial charge in [-0.05, 0) is 10.4 Å². The van der Waals surface area contributed by atoms with Crippen molar-refractivity contribution in [3.8, 4) is 0 Å². The Labute approximate surface area is 85.7 Å². The van der Waals surface area contributed by atoms with Crippen molar-refractivity contribution in [2.24, 2.45) is 5.14 Å². The molecule has 15 heavy (non-hydrogen) atoms. The minimum absolute atomic E-state index is 0.0280. The van der Waals surface area contributed by atoms with Gasteiger partial charge in [-0.3, -0.25) is 4.79 Å². The summed E-state index contributed by atoms with van der Waals surface area (Å²) in [5.74, 6) is -0.681. The topological polar surface area (TPSA) is 133 Å². The van der Waals surface area contributed by atoms with E-state index in [0.29, 0.717) is 0 Å². The molecule has 0 aliphatic carbocycles. The van der Waals surface area contributed by atoms with Gasteiger partial charge < -0.3 is 5.32 Å². The smallest absolute Gasteiger partial charge is 0.241 e. The molecular formula is C5H10N6O3S. The SMILES string of the molecule is NS(=O)(=O)CCNC(=O)Cn1cnnn1. The molecule has 0 radical (unpaired) electrons. The number of carbonyl (C=O) groups excluding carboxylic acids is 1. The van der Waals surface area contributed by atoms with Gasteiger partial charge in [-0.25, -0.2) is 18.2 Å². The summed E-state index contributed by atoms with van der Waals surface area (Å²) in [4.78, 5) is 11.1. The second-order valence-corrected chi connectivity index (χ2v) is 4.46. The molecule has 3 N–H and O–H groups in total. The highest BCUT2D eigenvalue weighted by Crippen LogP contribution is 1.79. The Balaban J connectivity index is 2.26. The number of tetrazole rings is 1. The van der Waals surface area contributed by atoms with Crippen LogP contribution >= 0.6 is 0 Å². The van der Waals surface area contributed by atoms with Gasteiger partial charge in [0.15, 0.2) is 0 Å². The van der Waals surface area contributed by atoms with Gasteiger partial charge in [-0.15, -0.1) is 5.10 Å². The lowest BCUT2D eigenvalue weighted by Crippen LogP contribution is -2.33. The van der Waals surface area contributed by atoms with E-state index in [4.69, 9.17) is 5.14 Å². The average molecular weight is 234 g/mol. The van der Waals surface area contributed by atoms with Gasteiger partial charge in [-0.1, -0.05) is 0 Å². The fraction of sp³-hybridized carbons (Fsp3) is 0.600. The van der Waals surface area contributed by atoms with Crippen LogP contribution in [0.4, 0.5) is 0 Å². The number of aromatic nitrogens is 4. The van der Waals surface area contributed by atoms with Crippen LogP contribution in [0, 0.1) is 0 Å². The van der Waals surface area contributed by atoms with E-state index in [1.165, 1.54) is 11.0 Å². The third kappa shape index (κ3) is 5.02. The molecular weight excluding hydrogens is 224 g/mol. The largest absolute Gasteiger partial charge is 0.353 e. The van der Waals surface area contributed by atoms with E-state index in [-0.39, 0.29) is 24.7 Å². The molecule has 84 valence electrons. The molecule has 0 saturated heterocycles. The number of nitrogens with two attached hydrogens (primary N) is 1. The number of sulfonamides is 1. The van der Waals surface area contributed by atoms with Crippen molar-refractivity contribution in [1.29, 1.82) is 0 Å². The molecule has 10 heteroatoms. The molecule has 1 aromatic heterocycles. The first-order chi connectivity index (χ1) is 6.97. The summed E-state index contributed by atoms with van der Waals surface area (Å²) in [6.07, 6.45) is 1.28. The normalized spacial score (nSPS) is 11.3. The van der Waals surface area contributed by atoms with Crippen LogP contribution < -0.4 is 10.5 Å². The maximum Gasteiger partial charge on any atom is 0.241 e. The lowest BCUT2D eigenvalue weighted by molar-refractivity contribution is -0.121. The Hall–Kier alpha value is -1.55. The van der Waals surface area contributed by atoms with Crippen molar-refractivity contribution < 1.29 is 13.2 Å².